The zero-order chi connectivity index (χ0) is 15.7. The van der Waals surface area contributed by atoms with Gasteiger partial charge in [-0.1, -0.05) is 42.5 Å². The first-order valence-corrected chi connectivity index (χ1v) is 6.61. The Hall–Kier alpha value is -3.15. The lowest BCUT2D eigenvalue weighted by Crippen LogP contribution is -2.40. The van der Waals surface area contributed by atoms with Crippen molar-refractivity contribution in [3.63, 3.8) is 0 Å². The highest BCUT2D eigenvalue weighted by Gasteiger charge is 2.25. The van der Waals surface area contributed by atoms with Crippen LogP contribution >= 0.6 is 0 Å². The minimum atomic E-state index is -1.26. The molecule has 0 bridgehead atoms. The number of H-pyrrole nitrogens is 1. The molecule has 0 amide bonds. The Kier molecular flexibility index (Phi) is 3.34. The number of nitrogens with one attached hydrogen (secondary N) is 1. The van der Waals surface area contributed by atoms with Crippen LogP contribution in [0, 0.1) is 0 Å². The van der Waals surface area contributed by atoms with Crippen molar-refractivity contribution in [2.24, 2.45) is 0 Å². The molecule has 1 unspecified atom stereocenters. The van der Waals surface area contributed by atoms with Crippen molar-refractivity contribution in [3.05, 3.63) is 80.9 Å². The highest BCUT2D eigenvalue weighted by molar-refractivity contribution is 5.81. The van der Waals surface area contributed by atoms with Crippen LogP contribution in [0.1, 0.15) is 11.6 Å². The van der Waals surface area contributed by atoms with E-state index in [2.05, 4.69) is 4.98 Å². The van der Waals surface area contributed by atoms with E-state index in [0.717, 1.165) is 4.57 Å². The van der Waals surface area contributed by atoms with Crippen molar-refractivity contribution >= 4 is 17.0 Å². The lowest BCUT2D eigenvalue weighted by atomic mass is 10.1. The summed E-state index contributed by atoms with van der Waals surface area (Å²) in [6.07, 6.45) is 0. The molecule has 2 aromatic carbocycles. The van der Waals surface area contributed by atoms with Crippen molar-refractivity contribution < 1.29 is 9.90 Å². The molecule has 0 aliphatic rings. The fourth-order valence-corrected chi connectivity index (χ4v) is 2.48. The predicted molar refractivity (Wildman–Crippen MR) is 81.0 cm³/mol. The molecule has 110 valence electrons. The smallest absolute Gasteiger partial charge is 0.331 e. The number of aromatic nitrogens is 2. The number of aliphatic carboxylic acids is 1. The number of aromatic amines is 1. The van der Waals surface area contributed by atoms with Crippen LogP contribution in [-0.2, 0) is 4.79 Å². The quantitative estimate of drug-likeness (QED) is 0.714. The highest BCUT2D eigenvalue weighted by Crippen LogP contribution is 2.20. The zero-order valence-corrected chi connectivity index (χ0v) is 11.4. The molecule has 0 radical (unpaired) electrons. The van der Waals surface area contributed by atoms with Gasteiger partial charge in [0.15, 0.2) is 6.04 Å². The zero-order valence-electron chi connectivity index (χ0n) is 11.4. The largest absolute Gasteiger partial charge is 0.479 e. The third kappa shape index (κ3) is 2.20. The normalized spacial score (nSPS) is 12.2. The van der Waals surface area contributed by atoms with Gasteiger partial charge in [-0.3, -0.25) is 14.2 Å². The van der Waals surface area contributed by atoms with Crippen LogP contribution in [0.25, 0.3) is 11.0 Å². The van der Waals surface area contributed by atoms with Crippen LogP contribution < -0.4 is 11.1 Å². The molecule has 1 heterocycles. The first-order chi connectivity index (χ1) is 10.6. The number of carbonyl (C=O) groups is 1. The van der Waals surface area contributed by atoms with Gasteiger partial charge in [-0.05, 0) is 17.7 Å². The van der Waals surface area contributed by atoms with E-state index < -0.39 is 23.1 Å². The number of benzene rings is 2. The molecule has 2 N–H and O–H groups in total. The maximum atomic E-state index is 12.3. The van der Waals surface area contributed by atoms with Crippen LogP contribution in [0.2, 0.25) is 0 Å². The average Bonchev–Trinajstić information content (AvgIpc) is 2.52. The molecule has 0 aliphatic heterocycles. The summed E-state index contributed by atoms with van der Waals surface area (Å²) in [4.78, 5) is 38.3. The van der Waals surface area contributed by atoms with E-state index in [9.17, 15) is 19.5 Å². The van der Waals surface area contributed by atoms with Gasteiger partial charge in [0.05, 0.1) is 11.0 Å². The summed E-state index contributed by atoms with van der Waals surface area (Å²) < 4.78 is 1.02. The molecule has 3 rings (SSSR count). The number of fused-ring (bicyclic) bond motifs is 1. The maximum Gasteiger partial charge on any atom is 0.331 e. The Morgan fingerprint density at radius 3 is 2.32 bits per heavy atom. The fraction of sp³-hybridized carbons (Fsp3) is 0.0625. The Labute approximate surface area is 124 Å². The van der Waals surface area contributed by atoms with E-state index in [1.165, 1.54) is 0 Å². The van der Waals surface area contributed by atoms with Gasteiger partial charge in [-0.2, -0.15) is 0 Å². The third-order valence-electron chi connectivity index (χ3n) is 3.43. The number of hydrogen-bond acceptors (Lipinski definition) is 3. The minimum Gasteiger partial charge on any atom is -0.479 e. The summed E-state index contributed by atoms with van der Waals surface area (Å²) in [7, 11) is 0. The monoisotopic (exact) mass is 296 g/mol. The summed E-state index contributed by atoms with van der Waals surface area (Å²) >= 11 is 0. The highest BCUT2D eigenvalue weighted by atomic mass is 16.4. The third-order valence-corrected chi connectivity index (χ3v) is 3.43. The van der Waals surface area contributed by atoms with Crippen molar-refractivity contribution in [1.82, 2.24) is 9.55 Å². The second kappa shape index (κ2) is 5.33. The van der Waals surface area contributed by atoms with Gasteiger partial charge in [0.1, 0.15) is 0 Å². The molecule has 1 aromatic heterocycles. The molecule has 0 saturated heterocycles. The van der Waals surface area contributed by atoms with Gasteiger partial charge in [-0.25, -0.2) is 4.79 Å². The predicted octanol–water partition coefficient (Wildman–Crippen LogP) is 1.36. The van der Waals surface area contributed by atoms with Gasteiger partial charge in [-0.15, -0.1) is 0 Å². The molecule has 3 aromatic rings. The first-order valence-electron chi connectivity index (χ1n) is 6.61. The van der Waals surface area contributed by atoms with E-state index in [0.29, 0.717) is 16.6 Å². The van der Waals surface area contributed by atoms with Crippen LogP contribution in [-0.4, -0.2) is 20.6 Å². The standard InChI is InChI=1S/C16H12N2O4/c19-14-15(20)18(12-9-5-4-8-11(12)17-14)13(16(21)22)10-6-2-1-3-7-10/h1-9,13H,(H,17,19)(H,21,22). The topological polar surface area (TPSA) is 92.2 Å². The van der Waals surface area contributed by atoms with Crippen LogP contribution in [0.15, 0.2) is 64.2 Å². The molecule has 6 heteroatoms. The number of carboxylic acids is 1. The van der Waals surface area contributed by atoms with Gasteiger partial charge < -0.3 is 10.1 Å². The lowest BCUT2D eigenvalue weighted by Gasteiger charge is -2.18. The maximum absolute atomic E-state index is 12.3. The van der Waals surface area contributed by atoms with E-state index in [1.807, 2.05) is 0 Å². The first kappa shape index (κ1) is 13.8. The molecule has 6 nitrogen and oxygen atoms in total. The summed E-state index contributed by atoms with van der Waals surface area (Å²) in [6.45, 7) is 0. The van der Waals surface area contributed by atoms with Gasteiger partial charge >= 0.3 is 17.1 Å². The van der Waals surface area contributed by atoms with Gasteiger partial charge in [0.25, 0.3) is 0 Å². The number of carboxylic acid groups (broad SMARTS) is 1. The van der Waals surface area contributed by atoms with Crippen LogP contribution in [0.4, 0.5) is 0 Å². The Balaban J connectivity index is 2.41. The van der Waals surface area contributed by atoms with Crippen molar-refractivity contribution in [2.75, 3.05) is 0 Å². The van der Waals surface area contributed by atoms with Crippen LogP contribution in [0.5, 0.6) is 0 Å². The van der Waals surface area contributed by atoms with Gasteiger partial charge in [0, 0.05) is 0 Å². The molecular weight excluding hydrogens is 284 g/mol. The number of hydrogen-bond donors (Lipinski definition) is 2. The molecule has 22 heavy (non-hydrogen) atoms. The second-order valence-corrected chi connectivity index (χ2v) is 4.80. The Morgan fingerprint density at radius 2 is 1.64 bits per heavy atom. The average molecular weight is 296 g/mol. The molecule has 0 fully saturated rings. The Bertz CT molecular complexity index is 957. The fourth-order valence-electron chi connectivity index (χ4n) is 2.48. The number of nitrogens with zero attached hydrogens (tertiary/aromatic N) is 1. The molecular formula is C16H12N2O4. The van der Waals surface area contributed by atoms with E-state index in [4.69, 9.17) is 0 Å². The molecule has 0 aliphatic carbocycles. The SMILES string of the molecule is O=C(O)C(c1ccccc1)n1c(=O)c(=O)[nH]c2ccccc21. The summed E-state index contributed by atoms with van der Waals surface area (Å²) in [5.74, 6) is -1.20. The number of rotatable bonds is 3. The van der Waals surface area contributed by atoms with Crippen LogP contribution in [0.3, 0.4) is 0 Å². The lowest BCUT2D eigenvalue weighted by molar-refractivity contribution is -0.139. The summed E-state index contributed by atoms with van der Waals surface area (Å²) in [5, 5.41) is 9.58. The molecule has 0 saturated carbocycles. The van der Waals surface area contributed by atoms with E-state index in [-0.39, 0.29) is 0 Å². The summed E-state index contributed by atoms with van der Waals surface area (Å²) in [5.41, 5.74) is -0.540. The molecule has 1 atom stereocenters. The molecule has 0 spiro atoms. The van der Waals surface area contributed by atoms with Gasteiger partial charge in [0.2, 0.25) is 0 Å². The minimum absolute atomic E-state index is 0.364. The van der Waals surface area contributed by atoms with E-state index in [1.54, 1.807) is 54.6 Å². The van der Waals surface area contributed by atoms with Crippen molar-refractivity contribution in [3.8, 4) is 0 Å². The van der Waals surface area contributed by atoms with Crippen molar-refractivity contribution in [2.45, 2.75) is 6.04 Å². The number of para-hydroxylation sites is 2. The second-order valence-electron chi connectivity index (χ2n) is 4.80. The van der Waals surface area contributed by atoms with Crippen molar-refractivity contribution in [1.29, 1.82) is 0 Å². The Morgan fingerprint density at radius 1 is 1.00 bits per heavy atom. The summed E-state index contributed by atoms with van der Waals surface area (Å²) in [6, 6.07) is 13.7. The van der Waals surface area contributed by atoms with E-state index >= 15 is 0 Å².